The highest BCUT2D eigenvalue weighted by molar-refractivity contribution is 7.89. The minimum atomic E-state index is -3.49. The molecule has 0 aromatic heterocycles. The van der Waals surface area contributed by atoms with Gasteiger partial charge in [0.15, 0.2) is 0 Å². The molecule has 0 saturated heterocycles. The predicted molar refractivity (Wildman–Crippen MR) is 75.0 cm³/mol. The van der Waals surface area contributed by atoms with Crippen LogP contribution in [0.1, 0.15) is 38.2 Å². The summed E-state index contributed by atoms with van der Waals surface area (Å²) >= 11 is 0. The van der Waals surface area contributed by atoms with Crippen LogP contribution in [0.25, 0.3) is 0 Å². The molecule has 3 atom stereocenters. The summed E-state index contributed by atoms with van der Waals surface area (Å²) in [4.78, 5) is 11.0. The lowest BCUT2D eigenvalue weighted by Gasteiger charge is -2.12. The highest BCUT2D eigenvalue weighted by atomic mass is 32.2. The van der Waals surface area contributed by atoms with Gasteiger partial charge < -0.3 is 5.11 Å². The highest BCUT2D eigenvalue weighted by Crippen LogP contribution is 2.47. The first-order valence-electron chi connectivity index (χ1n) is 6.70. The Labute approximate surface area is 119 Å². The van der Waals surface area contributed by atoms with Crippen molar-refractivity contribution >= 4 is 16.0 Å². The van der Waals surface area contributed by atoms with E-state index >= 15 is 0 Å². The molecule has 0 aliphatic heterocycles. The van der Waals surface area contributed by atoms with Gasteiger partial charge in [0.25, 0.3) is 0 Å². The van der Waals surface area contributed by atoms with Gasteiger partial charge in [0.2, 0.25) is 10.0 Å². The summed E-state index contributed by atoms with van der Waals surface area (Å²) in [5.41, 5.74) is 0.889. The van der Waals surface area contributed by atoms with E-state index in [1.807, 2.05) is 13.8 Å². The van der Waals surface area contributed by atoms with Gasteiger partial charge in [-0.25, -0.2) is 13.1 Å². The second-order valence-electron chi connectivity index (χ2n) is 5.29. The van der Waals surface area contributed by atoms with E-state index in [4.69, 9.17) is 5.11 Å². The van der Waals surface area contributed by atoms with E-state index in [9.17, 15) is 13.2 Å². The van der Waals surface area contributed by atoms with Crippen molar-refractivity contribution in [1.82, 2.24) is 4.72 Å². The molecule has 0 bridgehead atoms. The number of nitrogens with one attached hydrogen (secondary N) is 1. The van der Waals surface area contributed by atoms with Gasteiger partial charge in [0, 0.05) is 6.04 Å². The Hall–Kier alpha value is -1.40. The molecule has 1 aromatic carbocycles. The Bertz CT molecular complexity index is 594. The van der Waals surface area contributed by atoms with Crippen molar-refractivity contribution in [3.63, 3.8) is 0 Å². The van der Waals surface area contributed by atoms with Crippen molar-refractivity contribution in [2.75, 3.05) is 0 Å². The molecule has 6 heteroatoms. The quantitative estimate of drug-likeness (QED) is 0.840. The van der Waals surface area contributed by atoms with Gasteiger partial charge in [-0.05, 0) is 43.4 Å². The molecule has 1 fully saturated rings. The van der Waals surface area contributed by atoms with E-state index in [1.54, 1.807) is 12.1 Å². The predicted octanol–water partition coefficient (Wildman–Crippen LogP) is 1.95. The number of aliphatic carboxylic acids is 1. The van der Waals surface area contributed by atoms with Gasteiger partial charge in [-0.2, -0.15) is 0 Å². The Balaban J connectivity index is 2.11. The van der Waals surface area contributed by atoms with Crippen molar-refractivity contribution in [1.29, 1.82) is 0 Å². The fraction of sp³-hybridized carbons (Fsp3) is 0.500. The fourth-order valence-electron chi connectivity index (χ4n) is 2.15. The monoisotopic (exact) mass is 297 g/mol. The zero-order valence-corrected chi connectivity index (χ0v) is 12.4. The first-order chi connectivity index (χ1) is 9.35. The molecular formula is C14H19NO4S. The highest BCUT2D eigenvalue weighted by Gasteiger charge is 2.44. The molecular weight excluding hydrogens is 278 g/mol. The summed E-state index contributed by atoms with van der Waals surface area (Å²) in [5.74, 6) is -1.09. The molecule has 1 saturated carbocycles. The van der Waals surface area contributed by atoms with E-state index in [1.165, 1.54) is 12.1 Å². The standard InChI is InChI=1S/C14H19NO4S/c1-3-9(2)15-20(18,19)11-6-4-10(5-7-11)12-8-13(12)14(16)17/h4-7,9,12-13,15H,3,8H2,1-2H3,(H,16,17). The number of sulfonamides is 1. The second kappa shape index (κ2) is 5.54. The fourth-order valence-corrected chi connectivity index (χ4v) is 3.47. The van der Waals surface area contributed by atoms with Crippen LogP contribution in [0, 0.1) is 5.92 Å². The average Bonchev–Trinajstić information content (AvgIpc) is 3.18. The minimum Gasteiger partial charge on any atom is -0.481 e. The summed E-state index contributed by atoms with van der Waals surface area (Å²) < 4.78 is 26.7. The van der Waals surface area contributed by atoms with Crippen LogP contribution >= 0.6 is 0 Å². The lowest BCUT2D eigenvalue weighted by atomic mass is 10.1. The maximum atomic E-state index is 12.1. The summed E-state index contributed by atoms with van der Waals surface area (Å²) in [7, 11) is -3.49. The van der Waals surface area contributed by atoms with E-state index in [0.717, 1.165) is 12.0 Å². The van der Waals surface area contributed by atoms with Gasteiger partial charge in [0.05, 0.1) is 10.8 Å². The van der Waals surface area contributed by atoms with Gasteiger partial charge in [-0.3, -0.25) is 4.79 Å². The summed E-state index contributed by atoms with van der Waals surface area (Å²) in [6.07, 6.45) is 1.35. The maximum Gasteiger partial charge on any atom is 0.307 e. The van der Waals surface area contributed by atoms with Crippen LogP contribution in [0.3, 0.4) is 0 Å². The molecule has 20 heavy (non-hydrogen) atoms. The molecule has 1 aliphatic rings. The molecule has 0 heterocycles. The molecule has 0 radical (unpaired) electrons. The van der Waals surface area contributed by atoms with Gasteiger partial charge in [-0.1, -0.05) is 19.1 Å². The van der Waals surface area contributed by atoms with Crippen LogP contribution in [-0.2, 0) is 14.8 Å². The number of carboxylic acid groups (broad SMARTS) is 1. The molecule has 2 rings (SSSR count). The van der Waals surface area contributed by atoms with Crippen LogP contribution in [0.4, 0.5) is 0 Å². The third kappa shape index (κ3) is 3.19. The molecule has 3 unspecified atom stereocenters. The number of hydrogen-bond acceptors (Lipinski definition) is 3. The normalized spacial score (nSPS) is 23.3. The third-order valence-corrected chi connectivity index (χ3v) is 5.30. The number of carboxylic acids is 1. The topological polar surface area (TPSA) is 83.5 Å². The van der Waals surface area contributed by atoms with Crippen molar-refractivity contribution in [3.05, 3.63) is 29.8 Å². The molecule has 1 aliphatic carbocycles. The van der Waals surface area contributed by atoms with Crippen molar-refractivity contribution in [2.45, 2.75) is 43.5 Å². The number of benzene rings is 1. The third-order valence-electron chi connectivity index (χ3n) is 3.69. The van der Waals surface area contributed by atoms with Crippen molar-refractivity contribution in [2.24, 2.45) is 5.92 Å². The Morgan fingerprint density at radius 1 is 1.40 bits per heavy atom. The summed E-state index contributed by atoms with van der Waals surface area (Å²) in [5, 5.41) is 8.89. The Morgan fingerprint density at radius 2 is 2.00 bits per heavy atom. The van der Waals surface area contributed by atoms with Crippen LogP contribution in [-0.4, -0.2) is 25.5 Å². The Morgan fingerprint density at radius 3 is 2.45 bits per heavy atom. The largest absolute Gasteiger partial charge is 0.481 e. The molecule has 110 valence electrons. The smallest absolute Gasteiger partial charge is 0.307 e. The Kier molecular flexibility index (Phi) is 4.15. The van der Waals surface area contributed by atoms with E-state index < -0.39 is 16.0 Å². The molecule has 2 N–H and O–H groups in total. The maximum absolute atomic E-state index is 12.1. The van der Waals surface area contributed by atoms with Gasteiger partial charge >= 0.3 is 5.97 Å². The van der Waals surface area contributed by atoms with Crippen LogP contribution in [0.5, 0.6) is 0 Å². The number of hydrogen-bond donors (Lipinski definition) is 2. The number of rotatable bonds is 6. The van der Waals surface area contributed by atoms with Crippen molar-refractivity contribution < 1.29 is 18.3 Å². The first kappa shape index (κ1) is 15.0. The van der Waals surface area contributed by atoms with Crippen LogP contribution < -0.4 is 4.72 Å². The average molecular weight is 297 g/mol. The minimum absolute atomic E-state index is 0.0202. The van der Waals surface area contributed by atoms with E-state index in [0.29, 0.717) is 6.42 Å². The van der Waals surface area contributed by atoms with E-state index in [2.05, 4.69) is 4.72 Å². The van der Waals surface area contributed by atoms with E-state index in [-0.39, 0.29) is 22.8 Å². The molecule has 0 amide bonds. The first-order valence-corrected chi connectivity index (χ1v) is 8.18. The van der Waals surface area contributed by atoms with Gasteiger partial charge in [-0.15, -0.1) is 0 Å². The molecule has 0 spiro atoms. The molecule has 5 nitrogen and oxygen atoms in total. The summed E-state index contributed by atoms with van der Waals surface area (Å²) in [6.45, 7) is 3.73. The molecule has 1 aromatic rings. The second-order valence-corrected chi connectivity index (χ2v) is 7.00. The summed E-state index contributed by atoms with van der Waals surface area (Å²) in [6, 6.07) is 6.38. The van der Waals surface area contributed by atoms with Crippen molar-refractivity contribution in [3.8, 4) is 0 Å². The lowest BCUT2D eigenvalue weighted by Crippen LogP contribution is -2.31. The lowest BCUT2D eigenvalue weighted by molar-refractivity contribution is -0.138. The SMILES string of the molecule is CCC(C)NS(=O)(=O)c1ccc(C2CC2C(=O)O)cc1. The zero-order valence-electron chi connectivity index (χ0n) is 11.5. The van der Waals surface area contributed by atoms with Crippen LogP contribution in [0.15, 0.2) is 29.2 Å². The number of carbonyl (C=O) groups is 1. The van der Waals surface area contributed by atoms with Crippen LogP contribution in [0.2, 0.25) is 0 Å². The van der Waals surface area contributed by atoms with Gasteiger partial charge in [0.1, 0.15) is 0 Å². The zero-order chi connectivity index (χ0) is 14.9.